The quantitative estimate of drug-likeness (QED) is 0.506. The highest BCUT2D eigenvalue weighted by molar-refractivity contribution is 9.10. The molecule has 2 nitrogen and oxygen atoms in total. The van der Waals surface area contributed by atoms with Gasteiger partial charge in [0.25, 0.3) is 0 Å². The Morgan fingerprint density at radius 2 is 2.06 bits per heavy atom. The van der Waals surface area contributed by atoms with Gasteiger partial charge in [0.2, 0.25) is 0 Å². The van der Waals surface area contributed by atoms with Gasteiger partial charge in [-0.05, 0) is 31.6 Å². The maximum Gasteiger partial charge on any atom is 0.153 e. The van der Waals surface area contributed by atoms with Gasteiger partial charge in [-0.1, -0.05) is 28.1 Å². The van der Waals surface area contributed by atoms with E-state index in [4.69, 9.17) is 0 Å². The lowest BCUT2D eigenvalue weighted by Crippen LogP contribution is -2.48. The van der Waals surface area contributed by atoms with Gasteiger partial charge < -0.3 is 0 Å². The largest absolute Gasteiger partial charge is 0.299 e. The minimum Gasteiger partial charge on any atom is -0.299 e. The monoisotopic (exact) mass is 282 g/mol. The predicted octanol–water partition coefficient (Wildman–Crippen LogP) is 2.65. The summed E-state index contributed by atoms with van der Waals surface area (Å²) >= 11 is 3.48. The van der Waals surface area contributed by atoms with Crippen molar-refractivity contribution in [1.29, 1.82) is 0 Å². The van der Waals surface area contributed by atoms with Crippen LogP contribution in [0.4, 0.5) is 0 Å². The summed E-state index contributed by atoms with van der Waals surface area (Å²) in [5.74, 6) is 0.929. The molecule has 1 unspecified atom stereocenters. The molecular weight excluding hydrogens is 268 g/mol. The fourth-order valence-electron chi connectivity index (χ4n) is 3.90. The highest BCUT2D eigenvalue weighted by Crippen LogP contribution is 2.59. The molecule has 3 rings (SSSR count). The van der Waals surface area contributed by atoms with Crippen LogP contribution in [-0.2, 0) is 9.59 Å². The summed E-state index contributed by atoms with van der Waals surface area (Å²) in [6, 6.07) is 0. The average molecular weight is 283 g/mol. The fourth-order valence-corrected chi connectivity index (χ4v) is 4.62. The number of allylic oxidation sites excluding steroid dienone is 1. The van der Waals surface area contributed by atoms with E-state index in [-0.39, 0.29) is 22.1 Å². The summed E-state index contributed by atoms with van der Waals surface area (Å²) in [6.07, 6.45) is 4.00. The molecule has 0 N–H and O–H groups in total. The highest BCUT2D eigenvalue weighted by Gasteiger charge is 2.59. The zero-order chi connectivity index (χ0) is 11.5. The molecule has 0 saturated heterocycles. The van der Waals surface area contributed by atoms with E-state index in [2.05, 4.69) is 22.5 Å². The van der Waals surface area contributed by atoms with Crippen molar-refractivity contribution in [2.24, 2.45) is 17.3 Å². The van der Waals surface area contributed by atoms with Gasteiger partial charge in [-0.2, -0.15) is 0 Å². The fraction of sp³-hybridized carbons (Fsp3) is 0.692. The molecule has 3 heteroatoms. The molecule has 0 aromatic rings. The summed E-state index contributed by atoms with van der Waals surface area (Å²) in [5.41, 5.74) is 0.768. The molecule has 86 valence electrons. The Hall–Kier alpha value is -0.440. The molecule has 0 heterocycles. The molecule has 3 fully saturated rings. The number of carbonyl (C=O) groups excluding carboxylic acids is 2. The van der Waals surface area contributed by atoms with E-state index in [1.807, 2.05) is 0 Å². The van der Waals surface area contributed by atoms with Gasteiger partial charge in [0.05, 0.1) is 4.83 Å². The van der Waals surface area contributed by atoms with Crippen molar-refractivity contribution in [3.63, 3.8) is 0 Å². The molecule has 0 amide bonds. The first-order valence-corrected chi connectivity index (χ1v) is 6.85. The molecule has 0 radical (unpaired) electrons. The van der Waals surface area contributed by atoms with Crippen LogP contribution in [-0.4, -0.2) is 16.4 Å². The topological polar surface area (TPSA) is 34.1 Å². The number of halogens is 1. The smallest absolute Gasteiger partial charge is 0.153 e. The first-order valence-electron chi connectivity index (χ1n) is 5.93. The summed E-state index contributed by atoms with van der Waals surface area (Å²) in [5, 5.41) is 0. The SMILES string of the molecule is C=C1C[C@]23C[C@H]1C(=O)C[C@H]2CCC(Br)C3=O. The van der Waals surface area contributed by atoms with Crippen LogP contribution in [0, 0.1) is 17.3 Å². The maximum absolute atomic E-state index is 12.4. The minimum atomic E-state index is -0.234. The van der Waals surface area contributed by atoms with Crippen LogP contribution in [0.3, 0.4) is 0 Å². The lowest BCUT2D eigenvalue weighted by atomic mass is 9.59. The van der Waals surface area contributed by atoms with Crippen molar-refractivity contribution in [1.82, 2.24) is 0 Å². The van der Waals surface area contributed by atoms with E-state index < -0.39 is 0 Å². The number of carbonyl (C=O) groups is 2. The average Bonchev–Trinajstić information content (AvgIpc) is 2.55. The van der Waals surface area contributed by atoms with E-state index in [1.54, 1.807) is 0 Å². The number of rotatable bonds is 0. The lowest BCUT2D eigenvalue weighted by molar-refractivity contribution is -0.140. The molecule has 3 saturated carbocycles. The zero-order valence-corrected chi connectivity index (χ0v) is 10.8. The van der Waals surface area contributed by atoms with Crippen LogP contribution in [0.15, 0.2) is 12.2 Å². The second-order valence-corrected chi connectivity index (χ2v) is 6.63. The van der Waals surface area contributed by atoms with Crippen molar-refractivity contribution < 1.29 is 9.59 Å². The zero-order valence-electron chi connectivity index (χ0n) is 9.17. The third kappa shape index (κ3) is 1.18. The summed E-state index contributed by atoms with van der Waals surface area (Å²) < 4.78 is 0. The molecule has 4 atom stereocenters. The number of alkyl halides is 1. The van der Waals surface area contributed by atoms with E-state index in [0.717, 1.165) is 31.3 Å². The molecule has 0 aromatic carbocycles. The number of hydrogen-bond acceptors (Lipinski definition) is 2. The van der Waals surface area contributed by atoms with Crippen LogP contribution in [0.25, 0.3) is 0 Å². The Morgan fingerprint density at radius 3 is 2.81 bits per heavy atom. The summed E-state index contributed by atoms with van der Waals surface area (Å²) in [6.45, 7) is 4.00. The van der Waals surface area contributed by atoms with Crippen molar-refractivity contribution in [2.45, 2.75) is 36.9 Å². The van der Waals surface area contributed by atoms with Crippen LogP contribution in [0.5, 0.6) is 0 Å². The van der Waals surface area contributed by atoms with Gasteiger partial charge >= 0.3 is 0 Å². The number of fused-ring (bicyclic) bond motifs is 1. The number of hydrogen-bond donors (Lipinski definition) is 0. The van der Waals surface area contributed by atoms with Crippen molar-refractivity contribution in [3.05, 3.63) is 12.2 Å². The number of ketones is 2. The number of Topliss-reactive ketones (excluding diaryl/α,β-unsaturated/α-hetero) is 2. The Morgan fingerprint density at radius 1 is 1.31 bits per heavy atom. The molecule has 2 bridgehead atoms. The summed E-state index contributed by atoms with van der Waals surface area (Å²) in [7, 11) is 0. The Balaban J connectivity index is 2.04. The third-order valence-corrected chi connectivity index (χ3v) is 5.64. The van der Waals surface area contributed by atoms with Gasteiger partial charge in [-0.25, -0.2) is 0 Å². The Bertz CT molecular complexity index is 401. The van der Waals surface area contributed by atoms with Gasteiger partial charge in [0, 0.05) is 17.8 Å². The highest BCUT2D eigenvalue weighted by atomic mass is 79.9. The van der Waals surface area contributed by atoms with Crippen molar-refractivity contribution in [2.75, 3.05) is 0 Å². The molecule has 3 aliphatic rings. The third-order valence-electron chi connectivity index (χ3n) is 4.77. The normalized spacial score (nSPS) is 47.1. The maximum atomic E-state index is 12.4. The minimum absolute atomic E-state index is 0.00324. The van der Waals surface area contributed by atoms with Crippen LogP contribution in [0.1, 0.15) is 32.1 Å². The van der Waals surface area contributed by atoms with Crippen LogP contribution >= 0.6 is 15.9 Å². The van der Waals surface area contributed by atoms with E-state index in [9.17, 15) is 9.59 Å². The van der Waals surface area contributed by atoms with Crippen molar-refractivity contribution in [3.8, 4) is 0 Å². The van der Waals surface area contributed by atoms with E-state index in [1.165, 1.54) is 0 Å². The standard InChI is InChI=1S/C13H15BrO2/c1-7-5-13-6-9(7)11(15)4-8(13)2-3-10(14)12(13)16/h8-10H,1-6H2/t8-,9-,10?,13+/m1/s1. The first-order chi connectivity index (χ1) is 7.54. The van der Waals surface area contributed by atoms with Gasteiger partial charge in [-0.3, -0.25) is 9.59 Å². The molecule has 0 aromatic heterocycles. The Labute approximate surface area is 104 Å². The van der Waals surface area contributed by atoms with Crippen LogP contribution < -0.4 is 0 Å². The second-order valence-electron chi connectivity index (χ2n) is 5.52. The molecule has 16 heavy (non-hydrogen) atoms. The van der Waals surface area contributed by atoms with Crippen LogP contribution in [0.2, 0.25) is 0 Å². The molecule has 3 aliphatic carbocycles. The predicted molar refractivity (Wildman–Crippen MR) is 64.4 cm³/mol. The molecule has 0 aliphatic heterocycles. The first kappa shape index (κ1) is 10.7. The lowest BCUT2D eigenvalue weighted by Gasteiger charge is -2.44. The van der Waals surface area contributed by atoms with Gasteiger partial charge in [0.1, 0.15) is 5.78 Å². The van der Waals surface area contributed by atoms with Gasteiger partial charge in [-0.15, -0.1) is 0 Å². The van der Waals surface area contributed by atoms with Crippen molar-refractivity contribution >= 4 is 27.5 Å². The van der Waals surface area contributed by atoms with E-state index >= 15 is 0 Å². The Kier molecular flexibility index (Phi) is 2.19. The molecule has 1 spiro atoms. The summed E-state index contributed by atoms with van der Waals surface area (Å²) in [4.78, 5) is 24.3. The second kappa shape index (κ2) is 3.28. The van der Waals surface area contributed by atoms with E-state index in [0.29, 0.717) is 18.0 Å². The molecular formula is C13H15BrO2. The van der Waals surface area contributed by atoms with Gasteiger partial charge in [0.15, 0.2) is 5.78 Å².